The summed E-state index contributed by atoms with van der Waals surface area (Å²) in [5.41, 5.74) is 0.905. The molecule has 0 amide bonds. The van der Waals surface area contributed by atoms with Gasteiger partial charge in [-0.05, 0) is 25.3 Å². The molecule has 0 spiro atoms. The molecule has 1 rings (SSSR count). The first kappa shape index (κ1) is 20.2. The third kappa shape index (κ3) is 7.12. The van der Waals surface area contributed by atoms with Crippen molar-refractivity contribution in [3.05, 3.63) is 18.2 Å². The first-order chi connectivity index (χ1) is 9.74. The lowest BCUT2D eigenvalue weighted by molar-refractivity contribution is 0.311. The summed E-state index contributed by atoms with van der Waals surface area (Å²) in [4.78, 5) is 4.18. The Bertz CT molecular complexity index is 444. The summed E-state index contributed by atoms with van der Waals surface area (Å²) in [7, 11) is 3.38. The highest BCUT2D eigenvalue weighted by Crippen LogP contribution is 2.30. The zero-order valence-electron chi connectivity index (χ0n) is 12.9. The van der Waals surface area contributed by atoms with Gasteiger partial charge in [-0.3, -0.25) is 4.99 Å². The first-order valence-electron chi connectivity index (χ1n) is 6.52. The van der Waals surface area contributed by atoms with Crippen LogP contribution < -0.4 is 20.1 Å². The molecule has 0 unspecified atom stereocenters. The molecule has 0 aliphatic rings. The van der Waals surface area contributed by atoms with Crippen LogP contribution in [0.2, 0.25) is 0 Å². The Morgan fingerprint density at radius 1 is 1.33 bits per heavy atom. The van der Waals surface area contributed by atoms with E-state index in [4.69, 9.17) is 9.47 Å². The van der Waals surface area contributed by atoms with Crippen molar-refractivity contribution in [2.24, 2.45) is 4.99 Å². The second-order valence-electron chi connectivity index (χ2n) is 3.92. The minimum atomic E-state index is 0. The van der Waals surface area contributed by atoms with Gasteiger partial charge >= 0.3 is 0 Å². The summed E-state index contributed by atoms with van der Waals surface area (Å²) in [6, 6.07) is 5.72. The largest absolute Gasteiger partial charge is 0.493 e. The first-order valence-corrected chi connectivity index (χ1v) is 7.92. The van der Waals surface area contributed by atoms with Gasteiger partial charge in [0.2, 0.25) is 0 Å². The van der Waals surface area contributed by atoms with Crippen molar-refractivity contribution in [2.45, 2.75) is 6.92 Å². The Labute approximate surface area is 148 Å². The van der Waals surface area contributed by atoms with E-state index in [-0.39, 0.29) is 24.0 Å². The van der Waals surface area contributed by atoms with Gasteiger partial charge in [0.15, 0.2) is 17.5 Å². The second-order valence-corrected chi connectivity index (χ2v) is 4.90. The maximum atomic E-state index is 5.49. The van der Waals surface area contributed by atoms with Crippen molar-refractivity contribution < 1.29 is 9.47 Å². The maximum Gasteiger partial charge on any atom is 0.195 e. The molecule has 0 aliphatic carbocycles. The number of halogens is 1. The van der Waals surface area contributed by atoms with Crippen LogP contribution in [0.25, 0.3) is 0 Å². The summed E-state index contributed by atoms with van der Waals surface area (Å²) >= 11 is 1.79. The highest BCUT2D eigenvalue weighted by Gasteiger charge is 2.06. The Kier molecular flexibility index (Phi) is 11.3. The van der Waals surface area contributed by atoms with Crippen LogP contribution in [0.5, 0.6) is 11.5 Å². The molecule has 0 atom stereocenters. The van der Waals surface area contributed by atoms with Crippen molar-refractivity contribution in [1.29, 1.82) is 0 Å². The molecule has 5 nitrogen and oxygen atoms in total. The number of aliphatic imine (C=N–C) groups is 1. The van der Waals surface area contributed by atoms with Gasteiger partial charge in [0.05, 0.1) is 13.7 Å². The average Bonchev–Trinajstić information content (AvgIpc) is 2.48. The van der Waals surface area contributed by atoms with Crippen molar-refractivity contribution >= 4 is 47.4 Å². The quantitative estimate of drug-likeness (QED) is 0.305. The maximum absolute atomic E-state index is 5.49. The average molecular weight is 425 g/mol. The van der Waals surface area contributed by atoms with E-state index in [0.717, 1.165) is 29.7 Å². The minimum Gasteiger partial charge on any atom is -0.493 e. The second kappa shape index (κ2) is 11.8. The number of methoxy groups -OCH3 is 1. The Balaban J connectivity index is 0.00000400. The third-order valence-electron chi connectivity index (χ3n) is 2.55. The van der Waals surface area contributed by atoms with Gasteiger partial charge in [-0.2, -0.15) is 11.8 Å². The fourth-order valence-electron chi connectivity index (χ4n) is 1.61. The topological polar surface area (TPSA) is 54.9 Å². The Hall–Kier alpha value is -0.830. The number of guanidine groups is 1. The van der Waals surface area contributed by atoms with Crippen LogP contribution in [-0.4, -0.2) is 45.3 Å². The predicted molar refractivity (Wildman–Crippen MR) is 103 cm³/mol. The Morgan fingerprint density at radius 3 is 2.67 bits per heavy atom. The number of hydrogen-bond donors (Lipinski definition) is 2. The van der Waals surface area contributed by atoms with E-state index < -0.39 is 0 Å². The number of rotatable bonds is 7. The van der Waals surface area contributed by atoms with Crippen LogP contribution in [0.4, 0.5) is 5.69 Å². The highest BCUT2D eigenvalue weighted by molar-refractivity contribution is 14.0. The standard InChI is InChI=1S/C14H23N3O2S.HI/c1-5-19-12-7-6-11(10-13(12)18-3)17-14(15-2)16-8-9-20-4;/h6-7,10H,5,8-9H2,1-4H3,(H2,15,16,17);1H. The van der Waals surface area contributed by atoms with E-state index in [0.29, 0.717) is 12.4 Å². The lowest BCUT2D eigenvalue weighted by Gasteiger charge is -2.14. The van der Waals surface area contributed by atoms with Gasteiger partial charge in [-0.1, -0.05) is 0 Å². The van der Waals surface area contributed by atoms with E-state index in [9.17, 15) is 0 Å². The van der Waals surface area contributed by atoms with Gasteiger partial charge in [0.1, 0.15) is 0 Å². The molecule has 7 heteroatoms. The number of nitrogens with zero attached hydrogens (tertiary/aromatic N) is 1. The Morgan fingerprint density at radius 2 is 2.10 bits per heavy atom. The highest BCUT2D eigenvalue weighted by atomic mass is 127. The number of benzene rings is 1. The SMILES string of the molecule is CCOc1ccc(NC(=NC)NCCSC)cc1OC.I. The molecule has 0 saturated carbocycles. The monoisotopic (exact) mass is 425 g/mol. The number of nitrogens with one attached hydrogen (secondary N) is 2. The number of thioether (sulfide) groups is 1. The molecule has 0 aromatic heterocycles. The van der Waals surface area contributed by atoms with Crippen molar-refractivity contribution in [1.82, 2.24) is 5.32 Å². The molecule has 21 heavy (non-hydrogen) atoms. The van der Waals surface area contributed by atoms with Gasteiger partial charge < -0.3 is 20.1 Å². The van der Waals surface area contributed by atoms with Gasteiger partial charge in [-0.25, -0.2) is 0 Å². The van der Waals surface area contributed by atoms with Crippen LogP contribution in [0.1, 0.15) is 6.92 Å². The molecular formula is C14H24IN3O2S. The lowest BCUT2D eigenvalue weighted by Crippen LogP contribution is -2.32. The van der Waals surface area contributed by atoms with Gasteiger partial charge in [0.25, 0.3) is 0 Å². The van der Waals surface area contributed by atoms with E-state index in [1.165, 1.54) is 0 Å². The van der Waals surface area contributed by atoms with Gasteiger partial charge in [0, 0.05) is 31.1 Å². The molecule has 1 aromatic carbocycles. The summed E-state index contributed by atoms with van der Waals surface area (Å²) in [6.45, 7) is 3.43. The van der Waals surface area contributed by atoms with Crippen LogP contribution in [0.3, 0.4) is 0 Å². The van der Waals surface area contributed by atoms with Gasteiger partial charge in [-0.15, -0.1) is 24.0 Å². The molecule has 2 N–H and O–H groups in total. The smallest absolute Gasteiger partial charge is 0.195 e. The normalized spacial score (nSPS) is 10.6. The fraction of sp³-hybridized carbons (Fsp3) is 0.500. The summed E-state index contributed by atoms with van der Waals surface area (Å²) < 4.78 is 10.8. The lowest BCUT2D eigenvalue weighted by atomic mass is 10.2. The molecular weight excluding hydrogens is 401 g/mol. The number of hydrogen-bond acceptors (Lipinski definition) is 4. The van der Waals surface area contributed by atoms with Crippen LogP contribution in [0, 0.1) is 0 Å². The molecule has 0 aliphatic heterocycles. The van der Waals surface area contributed by atoms with Crippen molar-refractivity contribution in [2.75, 3.05) is 44.6 Å². The molecule has 0 radical (unpaired) electrons. The van der Waals surface area contributed by atoms with Crippen LogP contribution in [0.15, 0.2) is 23.2 Å². The third-order valence-corrected chi connectivity index (χ3v) is 3.16. The molecule has 120 valence electrons. The zero-order chi connectivity index (χ0) is 14.8. The molecule has 0 bridgehead atoms. The molecule has 0 heterocycles. The fourth-order valence-corrected chi connectivity index (χ4v) is 1.91. The van der Waals surface area contributed by atoms with E-state index in [2.05, 4.69) is 21.9 Å². The molecule has 1 aromatic rings. The minimum absolute atomic E-state index is 0. The molecule has 0 saturated heterocycles. The van der Waals surface area contributed by atoms with Crippen molar-refractivity contribution in [3.8, 4) is 11.5 Å². The van der Waals surface area contributed by atoms with E-state index >= 15 is 0 Å². The van der Waals surface area contributed by atoms with E-state index in [1.807, 2.05) is 25.1 Å². The van der Waals surface area contributed by atoms with Crippen LogP contribution >= 0.6 is 35.7 Å². The van der Waals surface area contributed by atoms with Crippen molar-refractivity contribution in [3.63, 3.8) is 0 Å². The summed E-state index contributed by atoms with van der Waals surface area (Å²) in [5, 5.41) is 6.47. The number of anilines is 1. The molecule has 0 fully saturated rings. The summed E-state index contributed by atoms with van der Waals surface area (Å²) in [5.74, 6) is 3.22. The zero-order valence-corrected chi connectivity index (χ0v) is 16.1. The summed E-state index contributed by atoms with van der Waals surface area (Å²) in [6.07, 6.45) is 2.08. The van der Waals surface area contributed by atoms with E-state index in [1.54, 1.807) is 25.9 Å². The predicted octanol–water partition coefficient (Wildman–Crippen LogP) is 3.06. The van der Waals surface area contributed by atoms with Crippen LogP contribution in [-0.2, 0) is 0 Å². The number of ether oxygens (including phenoxy) is 2.